The van der Waals surface area contributed by atoms with E-state index < -0.39 is 9.84 Å². The van der Waals surface area contributed by atoms with Crippen LogP contribution >= 0.6 is 0 Å². The number of nitrogens with zero attached hydrogens (tertiary/aromatic N) is 4. The van der Waals surface area contributed by atoms with Crippen molar-refractivity contribution < 1.29 is 12.8 Å². The van der Waals surface area contributed by atoms with Crippen molar-refractivity contribution in [2.45, 2.75) is 23.8 Å². The molecule has 0 N–H and O–H groups in total. The summed E-state index contributed by atoms with van der Waals surface area (Å²) in [5.41, 5.74) is 4.00. The number of imidazole rings is 1. The summed E-state index contributed by atoms with van der Waals surface area (Å²) >= 11 is 0. The van der Waals surface area contributed by atoms with Gasteiger partial charge in [0, 0.05) is 23.4 Å². The topological polar surface area (TPSA) is 77.7 Å². The molecule has 29 heavy (non-hydrogen) atoms. The van der Waals surface area contributed by atoms with E-state index in [1.165, 1.54) is 18.2 Å². The third-order valence-corrected chi connectivity index (χ3v) is 6.30. The Balaban J connectivity index is 1.61. The molecule has 0 atom stereocenters. The summed E-state index contributed by atoms with van der Waals surface area (Å²) in [6.45, 7) is 0. The zero-order chi connectivity index (χ0) is 20.2. The third kappa shape index (κ3) is 3.19. The summed E-state index contributed by atoms with van der Waals surface area (Å²) in [5.74, 6) is -0.386. The first-order valence-corrected chi connectivity index (χ1v) is 11.1. The summed E-state index contributed by atoms with van der Waals surface area (Å²) < 4.78 is 40.0. The van der Waals surface area contributed by atoms with Crippen molar-refractivity contribution in [2.24, 2.45) is 0 Å². The molecule has 1 saturated carbocycles. The molecule has 8 heteroatoms. The van der Waals surface area contributed by atoms with E-state index in [0.717, 1.165) is 41.4 Å². The molecule has 146 valence electrons. The molecule has 0 aliphatic heterocycles. The van der Waals surface area contributed by atoms with E-state index in [0.29, 0.717) is 17.2 Å². The van der Waals surface area contributed by atoms with Gasteiger partial charge >= 0.3 is 0 Å². The Morgan fingerprint density at radius 3 is 2.45 bits per heavy atom. The van der Waals surface area contributed by atoms with Crippen LogP contribution in [0.4, 0.5) is 4.39 Å². The molecule has 0 bridgehead atoms. The fourth-order valence-corrected chi connectivity index (χ4v) is 4.10. The molecule has 2 aromatic carbocycles. The zero-order valence-corrected chi connectivity index (χ0v) is 16.4. The zero-order valence-electron chi connectivity index (χ0n) is 15.6. The molecule has 1 aliphatic carbocycles. The second-order valence-corrected chi connectivity index (χ2v) is 9.32. The van der Waals surface area contributed by atoms with Crippen LogP contribution in [0.3, 0.4) is 0 Å². The summed E-state index contributed by atoms with van der Waals surface area (Å²) in [7, 11) is -3.31. The maximum atomic E-state index is 14.6. The van der Waals surface area contributed by atoms with Gasteiger partial charge in [-0.15, -0.1) is 5.10 Å². The van der Waals surface area contributed by atoms with Crippen LogP contribution in [-0.2, 0) is 9.84 Å². The molecule has 1 fully saturated rings. The Labute approximate surface area is 167 Å². The van der Waals surface area contributed by atoms with Crippen molar-refractivity contribution in [1.82, 2.24) is 19.7 Å². The molecule has 0 unspecified atom stereocenters. The molecule has 0 spiro atoms. The number of hydrogen-bond acceptors (Lipinski definition) is 5. The Bertz CT molecular complexity index is 1340. The van der Waals surface area contributed by atoms with Crippen molar-refractivity contribution in [3.63, 3.8) is 0 Å². The molecular weight excluding hydrogens is 391 g/mol. The predicted octanol–water partition coefficient (Wildman–Crippen LogP) is 4.04. The Kier molecular flexibility index (Phi) is 3.99. The van der Waals surface area contributed by atoms with E-state index >= 15 is 0 Å². The smallest absolute Gasteiger partial charge is 0.183 e. The van der Waals surface area contributed by atoms with E-state index in [2.05, 4.69) is 15.2 Å². The molecule has 2 heterocycles. The van der Waals surface area contributed by atoms with Gasteiger partial charge in [-0.05, 0) is 48.2 Å². The van der Waals surface area contributed by atoms with Gasteiger partial charge < -0.3 is 4.57 Å². The second kappa shape index (κ2) is 6.45. The van der Waals surface area contributed by atoms with Crippen LogP contribution in [0.1, 0.15) is 18.9 Å². The lowest BCUT2D eigenvalue weighted by atomic mass is 9.99. The Morgan fingerprint density at radius 2 is 1.76 bits per heavy atom. The SMILES string of the molecule is CS(=O)(=O)c1ccc(-c2cc(-c3cnnc4c3ncn4C3CC3)ccc2F)cc1. The van der Waals surface area contributed by atoms with Crippen molar-refractivity contribution in [1.29, 1.82) is 0 Å². The maximum absolute atomic E-state index is 14.6. The van der Waals surface area contributed by atoms with E-state index in [1.807, 2.05) is 4.57 Å². The molecule has 0 amide bonds. The molecular formula is C21H17FN4O2S. The largest absolute Gasteiger partial charge is 0.311 e. The monoisotopic (exact) mass is 408 g/mol. The van der Waals surface area contributed by atoms with Crippen molar-refractivity contribution in [3.8, 4) is 22.3 Å². The van der Waals surface area contributed by atoms with Crippen LogP contribution < -0.4 is 0 Å². The van der Waals surface area contributed by atoms with E-state index in [4.69, 9.17) is 0 Å². The number of fused-ring (bicyclic) bond motifs is 1. The quantitative estimate of drug-likeness (QED) is 0.509. The highest BCUT2D eigenvalue weighted by Crippen LogP contribution is 2.38. The number of halogens is 1. The van der Waals surface area contributed by atoms with Crippen molar-refractivity contribution in [3.05, 3.63) is 60.8 Å². The van der Waals surface area contributed by atoms with E-state index in [9.17, 15) is 12.8 Å². The van der Waals surface area contributed by atoms with Gasteiger partial charge in [-0.25, -0.2) is 17.8 Å². The third-order valence-electron chi connectivity index (χ3n) is 5.17. The average Bonchev–Trinajstić information content (AvgIpc) is 3.46. The maximum Gasteiger partial charge on any atom is 0.183 e. The molecule has 0 radical (unpaired) electrons. The van der Waals surface area contributed by atoms with Gasteiger partial charge in [0.2, 0.25) is 0 Å². The molecule has 4 aromatic rings. The van der Waals surface area contributed by atoms with E-state index in [-0.39, 0.29) is 10.7 Å². The minimum Gasteiger partial charge on any atom is -0.311 e. The number of benzene rings is 2. The summed E-state index contributed by atoms with van der Waals surface area (Å²) in [6.07, 6.45) is 6.79. The van der Waals surface area contributed by atoms with Crippen LogP contribution in [0, 0.1) is 5.82 Å². The normalized spacial score (nSPS) is 14.4. The standard InChI is InChI=1S/C21H17FN4O2S/c1-29(27,28)16-7-2-13(3-8-16)17-10-14(4-9-19(17)22)18-11-24-25-21-20(18)23-12-26(21)15-5-6-15/h2-4,7-12,15H,5-6H2,1H3. The Hall–Kier alpha value is -3.13. The lowest BCUT2D eigenvalue weighted by Crippen LogP contribution is -1.97. The van der Waals surface area contributed by atoms with Gasteiger partial charge in [-0.2, -0.15) is 5.10 Å². The first kappa shape index (κ1) is 17.9. The lowest BCUT2D eigenvalue weighted by molar-refractivity contribution is 0.602. The summed E-state index contributed by atoms with van der Waals surface area (Å²) in [6, 6.07) is 11.5. The number of aromatic nitrogens is 4. The predicted molar refractivity (Wildman–Crippen MR) is 108 cm³/mol. The van der Waals surface area contributed by atoms with Gasteiger partial charge in [0.1, 0.15) is 11.3 Å². The number of rotatable bonds is 4. The molecule has 6 nitrogen and oxygen atoms in total. The second-order valence-electron chi connectivity index (χ2n) is 7.30. The van der Waals surface area contributed by atoms with Crippen LogP contribution in [0.15, 0.2) is 59.9 Å². The minimum atomic E-state index is -3.31. The molecule has 0 saturated heterocycles. The first-order chi connectivity index (χ1) is 13.9. The van der Waals surface area contributed by atoms with E-state index in [1.54, 1.807) is 36.8 Å². The van der Waals surface area contributed by atoms with Crippen LogP contribution in [0.25, 0.3) is 33.4 Å². The molecule has 1 aliphatic rings. The summed E-state index contributed by atoms with van der Waals surface area (Å²) in [4.78, 5) is 4.72. The van der Waals surface area contributed by atoms with Crippen LogP contribution in [-0.4, -0.2) is 34.4 Å². The van der Waals surface area contributed by atoms with Crippen molar-refractivity contribution in [2.75, 3.05) is 6.26 Å². The van der Waals surface area contributed by atoms with Gasteiger partial charge in [-0.1, -0.05) is 18.2 Å². The number of hydrogen-bond donors (Lipinski definition) is 0. The molecule has 2 aromatic heterocycles. The average molecular weight is 408 g/mol. The summed E-state index contributed by atoms with van der Waals surface area (Å²) in [5, 5.41) is 8.36. The highest BCUT2D eigenvalue weighted by Gasteiger charge is 2.26. The Morgan fingerprint density at radius 1 is 1.03 bits per heavy atom. The van der Waals surface area contributed by atoms with Gasteiger partial charge in [-0.3, -0.25) is 0 Å². The fraction of sp³-hybridized carbons (Fsp3) is 0.190. The van der Waals surface area contributed by atoms with Crippen molar-refractivity contribution >= 4 is 21.0 Å². The van der Waals surface area contributed by atoms with Gasteiger partial charge in [0.05, 0.1) is 17.4 Å². The first-order valence-electron chi connectivity index (χ1n) is 9.20. The van der Waals surface area contributed by atoms with Crippen LogP contribution in [0.5, 0.6) is 0 Å². The van der Waals surface area contributed by atoms with Gasteiger partial charge in [0.15, 0.2) is 15.5 Å². The highest BCUT2D eigenvalue weighted by molar-refractivity contribution is 7.90. The number of sulfone groups is 1. The minimum absolute atomic E-state index is 0.198. The molecule has 5 rings (SSSR count). The van der Waals surface area contributed by atoms with Gasteiger partial charge in [0.25, 0.3) is 0 Å². The highest BCUT2D eigenvalue weighted by atomic mass is 32.2. The fourth-order valence-electron chi connectivity index (χ4n) is 3.47. The lowest BCUT2D eigenvalue weighted by Gasteiger charge is -2.09. The van der Waals surface area contributed by atoms with Crippen LogP contribution in [0.2, 0.25) is 0 Å².